The Morgan fingerprint density at radius 2 is 1.97 bits per heavy atom. The van der Waals surface area contributed by atoms with Crippen LogP contribution in [0.2, 0.25) is 5.02 Å². The second-order valence-electron chi connectivity index (χ2n) is 8.54. The third-order valence-electron chi connectivity index (χ3n) is 6.03. The zero-order valence-corrected chi connectivity index (χ0v) is 21.1. The second-order valence-corrected chi connectivity index (χ2v) is 8.97. The Kier molecular flexibility index (Phi) is 6.48. The standard InChI is InChI=1S/C26H20ClFN8O2/c1-3-34-13-18-8-20(4-5-23(18)33-34)31-24-32-25(37)36(21-9-19(27)11-30-12-21)26(38)35(24)14-17-7-16(10-29)22(28)6-15(17)2/h4-9,11-13H,3,14H2,1-2H3,(H,31,32,37). The molecule has 2 aromatic carbocycles. The topological polar surface area (TPSA) is 123 Å². The molecule has 12 heteroatoms. The van der Waals surface area contributed by atoms with Crippen LogP contribution in [-0.2, 0) is 13.1 Å². The zero-order valence-electron chi connectivity index (χ0n) is 20.3. The van der Waals surface area contributed by atoms with Crippen molar-refractivity contribution in [2.24, 2.45) is 0 Å². The summed E-state index contributed by atoms with van der Waals surface area (Å²) >= 11 is 6.04. The molecule has 0 fully saturated rings. The lowest BCUT2D eigenvalue weighted by Crippen LogP contribution is -2.41. The van der Waals surface area contributed by atoms with Gasteiger partial charge in [-0.15, -0.1) is 0 Å². The average Bonchev–Trinajstić information content (AvgIpc) is 3.30. The molecule has 0 atom stereocenters. The van der Waals surface area contributed by atoms with Gasteiger partial charge in [-0.3, -0.25) is 14.2 Å². The van der Waals surface area contributed by atoms with E-state index in [1.165, 1.54) is 35.2 Å². The predicted molar refractivity (Wildman–Crippen MR) is 141 cm³/mol. The molecule has 10 nitrogen and oxygen atoms in total. The molecule has 3 aromatic heterocycles. The molecule has 0 bridgehead atoms. The lowest BCUT2D eigenvalue weighted by molar-refractivity contribution is 0.617. The van der Waals surface area contributed by atoms with E-state index in [1.807, 2.05) is 31.3 Å². The number of nitrogens with one attached hydrogen (secondary N) is 1. The highest BCUT2D eigenvalue weighted by molar-refractivity contribution is 6.30. The van der Waals surface area contributed by atoms with Crippen LogP contribution < -0.4 is 16.7 Å². The van der Waals surface area contributed by atoms with Crippen LogP contribution >= 0.6 is 11.6 Å². The molecule has 1 N–H and O–H groups in total. The zero-order chi connectivity index (χ0) is 27.0. The molecule has 5 rings (SSSR count). The van der Waals surface area contributed by atoms with Gasteiger partial charge in [0.15, 0.2) is 0 Å². The number of fused-ring (bicyclic) bond motifs is 1. The molecule has 3 heterocycles. The average molecular weight is 531 g/mol. The second kappa shape index (κ2) is 9.91. The van der Waals surface area contributed by atoms with Crippen molar-refractivity contribution in [2.75, 3.05) is 5.32 Å². The Labute approximate surface area is 220 Å². The smallest absolute Gasteiger partial charge is 0.325 e. The van der Waals surface area contributed by atoms with Crippen molar-refractivity contribution in [3.63, 3.8) is 0 Å². The Balaban J connectivity index is 1.67. The highest BCUT2D eigenvalue weighted by Crippen LogP contribution is 2.22. The summed E-state index contributed by atoms with van der Waals surface area (Å²) in [5.74, 6) is -0.691. The molecule has 0 aliphatic rings. The maximum Gasteiger partial charge on any atom is 0.359 e. The minimum atomic E-state index is -0.841. The monoisotopic (exact) mass is 530 g/mol. The van der Waals surface area contributed by atoms with E-state index in [0.717, 1.165) is 15.5 Å². The van der Waals surface area contributed by atoms with Gasteiger partial charge in [-0.25, -0.2) is 18.5 Å². The molecule has 0 saturated carbocycles. The number of aryl methyl sites for hydroxylation is 2. The summed E-state index contributed by atoms with van der Waals surface area (Å²) in [5.41, 5.74) is 0.805. The number of anilines is 2. The first-order valence-corrected chi connectivity index (χ1v) is 11.9. The van der Waals surface area contributed by atoms with E-state index >= 15 is 0 Å². The van der Waals surface area contributed by atoms with Gasteiger partial charge in [-0.2, -0.15) is 15.3 Å². The molecule has 5 aromatic rings. The molecule has 0 amide bonds. The van der Waals surface area contributed by atoms with Crippen LogP contribution in [0.25, 0.3) is 16.6 Å². The Morgan fingerprint density at radius 3 is 2.71 bits per heavy atom. The van der Waals surface area contributed by atoms with Crippen LogP contribution in [0, 0.1) is 24.1 Å². The van der Waals surface area contributed by atoms with Gasteiger partial charge in [0.1, 0.15) is 11.9 Å². The van der Waals surface area contributed by atoms with E-state index in [1.54, 1.807) is 17.7 Å². The van der Waals surface area contributed by atoms with Gasteiger partial charge in [0.25, 0.3) is 0 Å². The van der Waals surface area contributed by atoms with Crippen LogP contribution in [0.3, 0.4) is 0 Å². The van der Waals surface area contributed by atoms with Gasteiger partial charge < -0.3 is 5.32 Å². The summed E-state index contributed by atoms with van der Waals surface area (Å²) in [5, 5.41) is 17.9. The van der Waals surface area contributed by atoms with E-state index in [-0.39, 0.29) is 28.8 Å². The third-order valence-corrected chi connectivity index (χ3v) is 6.23. The minimum Gasteiger partial charge on any atom is -0.325 e. The first-order valence-electron chi connectivity index (χ1n) is 11.6. The van der Waals surface area contributed by atoms with Crippen molar-refractivity contribution in [2.45, 2.75) is 26.9 Å². The van der Waals surface area contributed by atoms with Crippen LogP contribution in [0.5, 0.6) is 0 Å². The summed E-state index contributed by atoms with van der Waals surface area (Å²) in [7, 11) is 0. The van der Waals surface area contributed by atoms with E-state index in [0.29, 0.717) is 23.4 Å². The fourth-order valence-corrected chi connectivity index (χ4v) is 4.23. The number of aromatic nitrogens is 6. The van der Waals surface area contributed by atoms with Gasteiger partial charge in [-0.05, 0) is 61.4 Å². The van der Waals surface area contributed by atoms with Gasteiger partial charge >= 0.3 is 11.4 Å². The van der Waals surface area contributed by atoms with Crippen molar-refractivity contribution >= 4 is 34.1 Å². The summed E-state index contributed by atoms with van der Waals surface area (Å²) in [4.78, 5) is 34.9. The number of rotatable bonds is 6. The number of halogens is 2. The largest absolute Gasteiger partial charge is 0.359 e. The van der Waals surface area contributed by atoms with Crippen LogP contribution in [0.1, 0.15) is 23.6 Å². The molecule has 0 saturated heterocycles. The summed E-state index contributed by atoms with van der Waals surface area (Å²) in [6.45, 7) is 4.25. The van der Waals surface area contributed by atoms with Gasteiger partial charge in [-0.1, -0.05) is 11.6 Å². The Morgan fingerprint density at radius 1 is 1.16 bits per heavy atom. The van der Waals surface area contributed by atoms with Crippen molar-refractivity contribution in [1.82, 2.24) is 28.9 Å². The van der Waals surface area contributed by atoms with Crippen molar-refractivity contribution in [3.8, 4) is 11.8 Å². The molecule has 38 heavy (non-hydrogen) atoms. The molecule has 190 valence electrons. The quantitative estimate of drug-likeness (QED) is 0.353. The normalized spacial score (nSPS) is 11.0. The van der Waals surface area contributed by atoms with Gasteiger partial charge in [0, 0.05) is 30.0 Å². The number of benzene rings is 2. The molecule has 0 aliphatic carbocycles. The summed E-state index contributed by atoms with van der Waals surface area (Å²) in [6, 6.07) is 11.2. The first kappa shape index (κ1) is 24.9. The third kappa shape index (κ3) is 4.65. The molecular weight excluding hydrogens is 511 g/mol. The SMILES string of the molecule is CCn1cc2cc(Nc3nc(=O)n(-c4cncc(Cl)c4)c(=O)n3Cc3cc(C#N)c(F)cc3C)ccc2n1. The Bertz CT molecular complexity index is 1870. The number of nitrogens with zero attached hydrogens (tertiary/aromatic N) is 7. The molecule has 0 radical (unpaired) electrons. The maximum atomic E-state index is 14.2. The highest BCUT2D eigenvalue weighted by atomic mass is 35.5. The summed E-state index contributed by atoms with van der Waals surface area (Å²) in [6.07, 6.45) is 4.58. The molecular formula is C26H20ClFN8O2. The Hall–Kier alpha value is -4.82. The van der Waals surface area contributed by atoms with E-state index in [2.05, 4.69) is 20.4 Å². The molecule has 0 unspecified atom stereocenters. The number of hydrogen-bond acceptors (Lipinski definition) is 7. The van der Waals surface area contributed by atoms with Crippen LogP contribution in [0.4, 0.5) is 16.0 Å². The number of pyridine rings is 1. The fraction of sp³-hybridized carbons (Fsp3) is 0.154. The molecule has 0 spiro atoms. The lowest BCUT2D eigenvalue weighted by Gasteiger charge is -2.17. The van der Waals surface area contributed by atoms with Crippen LogP contribution in [-0.4, -0.2) is 28.9 Å². The van der Waals surface area contributed by atoms with Crippen molar-refractivity contribution in [3.05, 3.63) is 103 Å². The summed E-state index contributed by atoms with van der Waals surface area (Å²) < 4.78 is 18.0. The fourth-order valence-electron chi connectivity index (χ4n) is 4.07. The van der Waals surface area contributed by atoms with E-state index in [9.17, 15) is 19.2 Å². The van der Waals surface area contributed by atoms with E-state index < -0.39 is 17.2 Å². The molecule has 0 aliphatic heterocycles. The van der Waals surface area contributed by atoms with Gasteiger partial charge in [0.2, 0.25) is 5.95 Å². The van der Waals surface area contributed by atoms with Gasteiger partial charge in [0.05, 0.1) is 34.5 Å². The predicted octanol–water partition coefficient (Wildman–Crippen LogP) is 3.92. The van der Waals surface area contributed by atoms with Crippen LogP contribution in [0.15, 0.2) is 64.6 Å². The lowest BCUT2D eigenvalue weighted by atomic mass is 10.0. The number of nitriles is 1. The van der Waals surface area contributed by atoms with Crippen molar-refractivity contribution in [1.29, 1.82) is 5.26 Å². The van der Waals surface area contributed by atoms with Crippen molar-refractivity contribution < 1.29 is 4.39 Å². The number of hydrogen-bond donors (Lipinski definition) is 1. The minimum absolute atomic E-state index is 0.0318. The first-order chi connectivity index (χ1) is 18.3. The highest BCUT2D eigenvalue weighted by Gasteiger charge is 2.18. The maximum absolute atomic E-state index is 14.2. The van der Waals surface area contributed by atoms with E-state index in [4.69, 9.17) is 11.6 Å².